The molecule has 0 amide bonds. The van der Waals surface area contributed by atoms with Crippen LogP contribution in [0.15, 0.2) is 46.9 Å². The fourth-order valence-corrected chi connectivity index (χ4v) is 2.37. The van der Waals surface area contributed by atoms with E-state index in [-0.39, 0.29) is 0 Å². The number of halogens is 2. The number of hydrogen-bond acceptors (Lipinski definition) is 1. The third-order valence-corrected chi connectivity index (χ3v) is 3.39. The van der Waals surface area contributed by atoms with Crippen LogP contribution in [0.5, 0.6) is 0 Å². The second kappa shape index (κ2) is 5.98. The van der Waals surface area contributed by atoms with E-state index in [1.165, 1.54) is 0 Å². The van der Waals surface area contributed by atoms with E-state index in [4.69, 9.17) is 11.6 Å². The Balaban J connectivity index is 2.26. The summed E-state index contributed by atoms with van der Waals surface area (Å²) >= 11 is 9.34. The standard InChI is InChI=1S/C15H10BrClO/c16-15-9-14(17)7-6-13(15)5-4-11-2-1-3-12(8-11)10-18/h1-10H. The molecular weight excluding hydrogens is 312 g/mol. The fourth-order valence-electron chi connectivity index (χ4n) is 1.56. The largest absolute Gasteiger partial charge is 0.298 e. The van der Waals surface area contributed by atoms with Crippen LogP contribution in [0.2, 0.25) is 5.02 Å². The van der Waals surface area contributed by atoms with E-state index >= 15 is 0 Å². The van der Waals surface area contributed by atoms with Crippen molar-refractivity contribution in [2.45, 2.75) is 0 Å². The van der Waals surface area contributed by atoms with Gasteiger partial charge in [-0.2, -0.15) is 0 Å². The molecule has 18 heavy (non-hydrogen) atoms. The van der Waals surface area contributed by atoms with Gasteiger partial charge in [0, 0.05) is 15.1 Å². The summed E-state index contributed by atoms with van der Waals surface area (Å²) in [7, 11) is 0. The number of carbonyl (C=O) groups excluding carboxylic acids is 1. The molecule has 2 rings (SSSR count). The van der Waals surface area contributed by atoms with Gasteiger partial charge in [0.1, 0.15) is 6.29 Å². The number of hydrogen-bond donors (Lipinski definition) is 0. The molecule has 3 heteroatoms. The van der Waals surface area contributed by atoms with Gasteiger partial charge in [-0.15, -0.1) is 0 Å². The maximum absolute atomic E-state index is 10.7. The van der Waals surface area contributed by atoms with Crippen LogP contribution in [-0.4, -0.2) is 6.29 Å². The Morgan fingerprint density at radius 2 is 1.78 bits per heavy atom. The smallest absolute Gasteiger partial charge is 0.150 e. The Bertz CT molecular complexity index is 605. The molecule has 0 aliphatic rings. The summed E-state index contributed by atoms with van der Waals surface area (Å²) in [4.78, 5) is 10.7. The molecule has 0 N–H and O–H groups in total. The van der Waals surface area contributed by atoms with Crippen LogP contribution >= 0.6 is 27.5 Å². The Hall–Kier alpha value is -1.38. The number of aldehydes is 1. The SMILES string of the molecule is O=Cc1cccc(C=Cc2ccc(Cl)cc2Br)c1. The van der Waals surface area contributed by atoms with E-state index in [2.05, 4.69) is 15.9 Å². The van der Waals surface area contributed by atoms with E-state index in [0.29, 0.717) is 10.6 Å². The summed E-state index contributed by atoms with van der Waals surface area (Å²) in [6, 6.07) is 13.1. The molecule has 2 aromatic rings. The Morgan fingerprint density at radius 1 is 1.00 bits per heavy atom. The lowest BCUT2D eigenvalue weighted by Crippen LogP contribution is -1.80. The van der Waals surface area contributed by atoms with Crippen LogP contribution in [0.3, 0.4) is 0 Å². The van der Waals surface area contributed by atoms with Gasteiger partial charge in [0.25, 0.3) is 0 Å². The Kier molecular flexibility index (Phi) is 4.34. The van der Waals surface area contributed by atoms with E-state index in [9.17, 15) is 4.79 Å². The van der Waals surface area contributed by atoms with Gasteiger partial charge in [-0.1, -0.05) is 63.9 Å². The molecule has 0 saturated carbocycles. The molecular formula is C15H10BrClO. The van der Waals surface area contributed by atoms with Crippen molar-refractivity contribution in [2.24, 2.45) is 0 Å². The molecule has 2 aromatic carbocycles. The lowest BCUT2D eigenvalue weighted by atomic mass is 10.1. The minimum Gasteiger partial charge on any atom is -0.298 e. The van der Waals surface area contributed by atoms with Crippen molar-refractivity contribution in [2.75, 3.05) is 0 Å². The van der Waals surface area contributed by atoms with Gasteiger partial charge in [-0.3, -0.25) is 4.79 Å². The first-order valence-electron chi connectivity index (χ1n) is 5.37. The molecule has 0 aromatic heterocycles. The maximum Gasteiger partial charge on any atom is 0.150 e. The van der Waals surface area contributed by atoms with Crippen LogP contribution in [0.4, 0.5) is 0 Å². The number of rotatable bonds is 3. The predicted molar refractivity (Wildman–Crippen MR) is 79.9 cm³/mol. The topological polar surface area (TPSA) is 17.1 Å². The summed E-state index contributed by atoms with van der Waals surface area (Å²) in [5, 5.41) is 0.696. The Labute approximate surface area is 119 Å². The molecule has 0 bridgehead atoms. The first kappa shape index (κ1) is 13.1. The molecule has 0 aliphatic heterocycles. The highest BCUT2D eigenvalue weighted by atomic mass is 79.9. The molecule has 0 aliphatic carbocycles. The van der Waals surface area contributed by atoms with Crippen LogP contribution in [-0.2, 0) is 0 Å². The molecule has 1 nitrogen and oxygen atoms in total. The second-order valence-corrected chi connectivity index (χ2v) is 5.08. The van der Waals surface area contributed by atoms with Crippen molar-refractivity contribution >= 4 is 46.0 Å². The van der Waals surface area contributed by atoms with Gasteiger partial charge < -0.3 is 0 Å². The third-order valence-electron chi connectivity index (χ3n) is 2.46. The predicted octanol–water partition coefficient (Wildman–Crippen LogP) is 5.09. The summed E-state index contributed by atoms with van der Waals surface area (Å²) in [6.07, 6.45) is 4.78. The van der Waals surface area contributed by atoms with E-state index in [1.54, 1.807) is 6.07 Å². The van der Waals surface area contributed by atoms with Crippen molar-refractivity contribution in [3.63, 3.8) is 0 Å². The molecule has 0 atom stereocenters. The second-order valence-electron chi connectivity index (χ2n) is 3.79. The zero-order valence-corrected chi connectivity index (χ0v) is 11.8. The molecule has 0 spiro atoms. The van der Waals surface area contributed by atoms with Crippen molar-refractivity contribution in [1.82, 2.24) is 0 Å². The molecule has 0 saturated heterocycles. The lowest BCUT2D eigenvalue weighted by Gasteiger charge is -1.99. The van der Waals surface area contributed by atoms with Crippen LogP contribution < -0.4 is 0 Å². The van der Waals surface area contributed by atoms with Crippen LogP contribution in [0, 0.1) is 0 Å². The minimum absolute atomic E-state index is 0.673. The molecule has 0 radical (unpaired) electrons. The van der Waals surface area contributed by atoms with Gasteiger partial charge in [-0.25, -0.2) is 0 Å². The first-order chi connectivity index (χ1) is 8.69. The summed E-state index contributed by atoms with van der Waals surface area (Å²) < 4.78 is 0.942. The van der Waals surface area contributed by atoms with E-state index in [1.807, 2.05) is 48.6 Å². The van der Waals surface area contributed by atoms with E-state index < -0.39 is 0 Å². The minimum atomic E-state index is 0.673. The first-order valence-corrected chi connectivity index (χ1v) is 6.54. The van der Waals surface area contributed by atoms with Crippen molar-refractivity contribution in [3.05, 3.63) is 68.7 Å². The monoisotopic (exact) mass is 320 g/mol. The van der Waals surface area contributed by atoms with Crippen molar-refractivity contribution < 1.29 is 4.79 Å². The van der Waals surface area contributed by atoms with Gasteiger partial charge >= 0.3 is 0 Å². The van der Waals surface area contributed by atoms with Gasteiger partial charge in [0.05, 0.1) is 0 Å². The van der Waals surface area contributed by atoms with Gasteiger partial charge in [0.15, 0.2) is 0 Å². The lowest BCUT2D eigenvalue weighted by molar-refractivity contribution is 0.112. The molecule has 0 fully saturated rings. The van der Waals surface area contributed by atoms with Gasteiger partial charge in [-0.05, 0) is 29.3 Å². The highest BCUT2D eigenvalue weighted by Crippen LogP contribution is 2.23. The zero-order chi connectivity index (χ0) is 13.0. The number of carbonyl (C=O) groups is 1. The van der Waals surface area contributed by atoms with Crippen molar-refractivity contribution in [1.29, 1.82) is 0 Å². The van der Waals surface area contributed by atoms with Gasteiger partial charge in [0.2, 0.25) is 0 Å². The molecule has 0 unspecified atom stereocenters. The number of benzene rings is 2. The molecule has 90 valence electrons. The highest BCUT2D eigenvalue weighted by Gasteiger charge is 1.97. The maximum atomic E-state index is 10.7. The summed E-state index contributed by atoms with van der Waals surface area (Å²) in [5.74, 6) is 0. The normalized spacial score (nSPS) is 10.8. The Morgan fingerprint density at radius 3 is 2.50 bits per heavy atom. The summed E-state index contributed by atoms with van der Waals surface area (Å²) in [5.41, 5.74) is 2.70. The van der Waals surface area contributed by atoms with Crippen molar-refractivity contribution in [3.8, 4) is 0 Å². The zero-order valence-electron chi connectivity index (χ0n) is 9.44. The quantitative estimate of drug-likeness (QED) is 0.569. The van der Waals surface area contributed by atoms with E-state index in [0.717, 1.165) is 21.9 Å². The third kappa shape index (κ3) is 3.31. The fraction of sp³-hybridized carbons (Fsp3) is 0. The van der Waals surface area contributed by atoms with Crippen LogP contribution in [0.1, 0.15) is 21.5 Å². The average molecular weight is 322 g/mol. The average Bonchev–Trinajstić information content (AvgIpc) is 2.38. The highest BCUT2D eigenvalue weighted by molar-refractivity contribution is 9.10. The van der Waals surface area contributed by atoms with Crippen LogP contribution in [0.25, 0.3) is 12.2 Å². The molecule has 0 heterocycles. The summed E-state index contributed by atoms with van der Waals surface area (Å²) in [6.45, 7) is 0.